The lowest BCUT2D eigenvalue weighted by molar-refractivity contribution is -0.303. The highest BCUT2D eigenvalue weighted by Crippen LogP contribution is 2.33. The first-order chi connectivity index (χ1) is 33.5. The minimum absolute atomic E-state index is 0.0146. The lowest BCUT2D eigenvalue weighted by atomic mass is 10.4. The molecule has 69 heavy (non-hydrogen) atoms. The van der Waals surface area contributed by atoms with Gasteiger partial charge in [0.1, 0.15) is 0 Å². The van der Waals surface area contributed by atoms with Crippen LogP contribution in [0.4, 0.5) is 0 Å². The van der Waals surface area contributed by atoms with Crippen molar-refractivity contribution in [2.75, 3.05) is 0 Å². The maximum atomic E-state index is 8.89. The summed E-state index contributed by atoms with van der Waals surface area (Å²) in [5.74, 6) is -3.25. The lowest BCUT2D eigenvalue weighted by Gasteiger charge is -2.07. The maximum absolute atomic E-state index is 8.89. The number of carbonyl (C=O) groups is 3. The summed E-state index contributed by atoms with van der Waals surface area (Å²) < 4.78 is 0. The van der Waals surface area contributed by atoms with E-state index in [1.165, 1.54) is 44.1 Å². The van der Waals surface area contributed by atoms with Crippen molar-refractivity contribution >= 4 is 50.6 Å². The predicted molar refractivity (Wildman–Crippen MR) is 277 cm³/mol. The molecule has 0 saturated carbocycles. The van der Waals surface area contributed by atoms with Gasteiger partial charge in [-0.15, -0.1) is 0 Å². The summed E-state index contributed by atoms with van der Waals surface area (Å²) in [5, 5.41) is 26.7. The third kappa shape index (κ3) is 20.5. The van der Waals surface area contributed by atoms with Crippen LogP contribution in [0.25, 0.3) is 0 Å². The van der Waals surface area contributed by atoms with Crippen molar-refractivity contribution in [2.24, 2.45) is 0 Å². The van der Waals surface area contributed by atoms with Gasteiger partial charge in [0.25, 0.3) is 0 Å². The first-order valence-corrected chi connectivity index (χ1v) is 25.4. The molecule has 9 rings (SSSR count). The molecule has 0 unspecified atom stereocenters. The molecule has 9 heteroatoms. The van der Waals surface area contributed by atoms with Gasteiger partial charge in [-0.1, -0.05) is 164 Å². The average Bonchev–Trinajstić information content (AvgIpc) is 3.37. The summed E-state index contributed by atoms with van der Waals surface area (Å²) in [6.45, 7) is 2.92. The van der Waals surface area contributed by atoms with E-state index < -0.39 is 17.9 Å². The summed E-state index contributed by atoms with van der Waals surface area (Å²) in [7, 11) is -0.0439. The van der Waals surface area contributed by atoms with Crippen molar-refractivity contribution in [1.29, 1.82) is 0 Å². The molecule has 0 N–H and O–H groups in total. The number of rotatable bonds is 9. The lowest BCUT2D eigenvalue weighted by Crippen LogP contribution is -2.16. The molecule has 0 spiro atoms. The monoisotopic (exact) mass is 966 g/mol. The first-order valence-electron chi connectivity index (χ1n) is 21.8. The fraction of sp³-hybridized carbons (Fsp3) is 0.0500. The molecule has 0 radical (unpaired) electrons. The SMILES string of the molecule is CC(=O)[O-].CC(=O)[O-].CC(=O)[O-].c1ccc([S+](c2ccccc2)c2ccccc2)cc1.c1ccc([S+](c2ccccc2)c2ccccc2)cc1.c1ccc([S+](c2ccccc2)c2ccccc2)cc1. The van der Waals surface area contributed by atoms with E-state index in [4.69, 9.17) is 29.7 Å². The summed E-state index contributed by atoms with van der Waals surface area (Å²) in [6.07, 6.45) is 0. The van der Waals surface area contributed by atoms with Crippen molar-refractivity contribution in [2.45, 2.75) is 64.8 Å². The molecular weight excluding hydrogens is 913 g/mol. The Kier molecular flexibility index (Phi) is 24.6. The Bertz CT molecular complexity index is 2150. The summed E-state index contributed by atoms with van der Waals surface area (Å²) in [6, 6.07) is 96.5. The Morgan fingerprint density at radius 3 is 0.362 bits per heavy atom. The average molecular weight is 967 g/mol. The van der Waals surface area contributed by atoms with E-state index >= 15 is 0 Å². The zero-order valence-electron chi connectivity index (χ0n) is 38.7. The Morgan fingerprint density at radius 1 is 0.217 bits per heavy atom. The number of carboxylic acid groups (broad SMARTS) is 3. The van der Waals surface area contributed by atoms with Gasteiger partial charge in [-0.2, -0.15) is 0 Å². The summed E-state index contributed by atoms with van der Waals surface area (Å²) in [5.41, 5.74) is 0. The fourth-order valence-electron chi connectivity index (χ4n) is 6.23. The van der Waals surface area contributed by atoms with Crippen molar-refractivity contribution in [3.8, 4) is 0 Å². The Balaban J connectivity index is 0.000000201. The second-order valence-corrected chi connectivity index (χ2v) is 20.3. The van der Waals surface area contributed by atoms with Crippen LogP contribution in [0.1, 0.15) is 20.8 Å². The third-order valence-electron chi connectivity index (χ3n) is 8.81. The Hall–Kier alpha value is -7.56. The zero-order valence-corrected chi connectivity index (χ0v) is 41.1. The molecule has 0 saturated heterocycles. The van der Waals surface area contributed by atoms with Crippen LogP contribution >= 0.6 is 0 Å². The molecule has 0 atom stereocenters. The highest BCUT2D eigenvalue weighted by Gasteiger charge is 2.29. The number of hydrogen-bond acceptors (Lipinski definition) is 6. The van der Waals surface area contributed by atoms with Crippen molar-refractivity contribution in [3.63, 3.8) is 0 Å². The van der Waals surface area contributed by atoms with E-state index in [9.17, 15) is 0 Å². The molecule has 9 aromatic rings. The van der Waals surface area contributed by atoms with Gasteiger partial charge >= 0.3 is 0 Å². The van der Waals surface area contributed by atoms with Crippen LogP contribution in [-0.4, -0.2) is 17.9 Å². The van der Waals surface area contributed by atoms with E-state index in [2.05, 4.69) is 273 Å². The van der Waals surface area contributed by atoms with E-state index in [0.29, 0.717) is 0 Å². The normalized spacial score (nSPS) is 9.83. The largest absolute Gasteiger partial charge is 0.550 e. The van der Waals surface area contributed by atoms with Gasteiger partial charge in [-0.3, -0.25) is 0 Å². The number of carboxylic acids is 3. The van der Waals surface area contributed by atoms with Gasteiger partial charge in [0.05, 0.1) is 32.7 Å². The van der Waals surface area contributed by atoms with E-state index in [1.54, 1.807) is 0 Å². The molecule has 0 amide bonds. The quantitative estimate of drug-likeness (QED) is 0.133. The molecule has 0 aliphatic heterocycles. The second kappa shape index (κ2) is 31.4. The van der Waals surface area contributed by atoms with E-state index in [1.807, 2.05) is 0 Å². The van der Waals surface area contributed by atoms with Crippen molar-refractivity contribution in [1.82, 2.24) is 0 Å². The molecule has 0 aliphatic rings. The molecule has 0 bridgehead atoms. The highest BCUT2D eigenvalue weighted by atomic mass is 32.2. The number of aliphatic carboxylic acids is 3. The van der Waals surface area contributed by atoms with Crippen LogP contribution in [0.3, 0.4) is 0 Å². The maximum Gasteiger partial charge on any atom is 0.166 e. The van der Waals surface area contributed by atoms with Gasteiger partial charge in [0.2, 0.25) is 0 Å². The van der Waals surface area contributed by atoms with Crippen molar-refractivity contribution < 1.29 is 29.7 Å². The van der Waals surface area contributed by atoms with E-state index in [-0.39, 0.29) is 32.7 Å². The van der Waals surface area contributed by atoms with Crippen LogP contribution in [0.15, 0.2) is 317 Å². The number of benzene rings is 9. The van der Waals surface area contributed by atoms with Gasteiger partial charge in [0, 0.05) is 17.9 Å². The minimum Gasteiger partial charge on any atom is -0.550 e. The first kappa shape index (κ1) is 54.0. The standard InChI is InChI=1S/3C18H15S.3C2H4O2/c3*1-4-10-16(11-5-1)19(17-12-6-2-7-13-17)18-14-8-3-9-15-18;3*1-2(3)4/h3*1-15H;3*1H3,(H,3,4)/q3*+1;;;/p-3. The molecule has 0 aliphatic carbocycles. The van der Waals surface area contributed by atoms with Crippen LogP contribution in [0, 0.1) is 0 Å². The summed E-state index contributed by atoms with van der Waals surface area (Å²) >= 11 is 0. The van der Waals surface area contributed by atoms with Gasteiger partial charge in [-0.25, -0.2) is 0 Å². The number of hydrogen-bond donors (Lipinski definition) is 0. The van der Waals surface area contributed by atoms with E-state index in [0.717, 1.165) is 20.8 Å². The molecule has 348 valence electrons. The predicted octanol–water partition coefficient (Wildman–Crippen LogP) is 10.6. The molecule has 9 aromatic carbocycles. The minimum atomic E-state index is -1.08. The zero-order chi connectivity index (χ0) is 49.5. The Morgan fingerprint density at radius 2 is 0.290 bits per heavy atom. The van der Waals surface area contributed by atoms with Crippen LogP contribution in [-0.2, 0) is 47.1 Å². The molecule has 0 heterocycles. The Labute approximate surface area is 415 Å². The summed E-state index contributed by atoms with van der Waals surface area (Å²) in [4.78, 5) is 38.9. The third-order valence-corrected chi connectivity index (χ3v) is 15.5. The number of carbonyl (C=O) groups excluding carboxylic acids is 3. The molecule has 0 fully saturated rings. The van der Waals surface area contributed by atoms with Crippen LogP contribution in [0.5, 0.6) is 0 Å². The van der Waals surface area contributed by atoms with Gasteiger partial charge in [-0.05, 0) is 130 Å². The topological polar surface area (TPSA) is 120 Å². The fourth-order valence-corrected chi connectivity index (χ4v) is 12.5. The smallest absolute Gasteiger partial charge is 0.166 e. The molecular formula is C60H54O6S3. The van der Waals surface area contributed by atoms with Crippen molar-refractivity contribution in [3.05, 3.63) is 273 Å². The molecule has 0 aromatic heterocycles. The second-order valence-electron chi connectivity index (χ2n) is 14.2. The van der Waals surface area contributed by atoms with Crippen LogP contribution < -0.4 is 15.3 Å². The highest BCUT2D eigenvalue weighted by molar-refractivity contribution is 7.97. The van der Waals surface area contributed by atoms with Crippen LogP contribution in [0.2, 0.25) is 0 Å². The van der Waals surface area contributed by atoms with Gasteiger partial charge < -0.3 is 29.7 Å². The van der Waals surface area contributed by atoms with Gasteiger partial charge in [0.15, 0.2) is 44.1 Å². The molecule has 6 nitrogen and oxygen atoms in total.